The van der Waals surface area contributed by atoms with Crippen LogP contribution in [0.1, 0.15) is 11.1 Å². The second-order valence-corrected chi connectivity index (χ2v) is 6.60. The zero-order valence-electron chi connectivity index (χ0n) is 16.2. The van der Waals surface area contributed by atoms with Crippen LogP contribution in [0.25, 0.3) is 0 Å². The summed E-state index contributed by atoms with van der Waals surface area (Å²) in [6.45, 7) is 1.04. The van der Waals surface area contributed by atoms with Crippen molar-refractivity contribution in [2.45, 2.75) is 13.0 Å². The van der Waals surface area contributed by atoms with Gasteiger partial charge in [0.2, 0.25) is 0 Å². The number of hydrogen-bond acceptors (Lipinski definition) is 3. The van der Waals surface area contributed by atoms with Gasteiger partial charge in [-0.3, -0.25) is 4.79 Å². The van der Waals surface area contributed by atoms with E-state index in [2.05, 4.69) is 5.32 Å². The van der Waals surface area contributed by atoms with Crippen molar-refractivity contribution in [2.24, 2.45) is 0 Å². The fourth-order valence-corrected chi connectivity index (χ4v) is 2.97. The molecule has 0 aromatic heterocycles. The Balaban J connectivity index is 1.73. The smallest absolute Gasteiger partial charge is 0.263 e. The summed E-state index contributed by atoms with van der Waals surface area (Å²) in [4.78, 5) is 14.5. The van der Waals surface area contributed by atoms with E-state index in [0.717, 1.165) is 23.2 Å². The van der Waals surface area contributed by atoms with Crippen LogP contribution in [0.3, 0.4) is 0 Å². The van der Waals surface area contributed by atoms with E-state index in [1.807, 2.05) is 102 Å². The highest BCUT2D eigenvalue weighted by molar-refractivity contribution is 5.97. The fraction of sp³-hybridized carbons (Fsp3) is 0.120. The third-order valence-corrected chi connectivity index (χ3v) is 4.48. The molecule has 1 amide bonds. The molecule has 4 nitrogen and oxygen atoms in total. The molecule has 0 atom stereocenters. The quantitative estimate of drug-likeness (QED) is 0.463. The van der Waals surface area contributed by atoms with Crippen molar-refractivity contribution in [1.29, 1.82) is 5.26 Å². The van der Waals surface area contributed by atoms with Gasteiger partial charge in [-0.1, -0.05) is 78.9 Å². The van der Waals surface area contributed by atoms with E-state index < -0.39 is 0 Å². The number of nitrogens with zero attached hydrogens (tertiary/aromatic N) is 2. The molecule has 1 N–H and O–H groups in total. The Morgan fingerprint density at radius 3 is 2.00 bits per heavy atom. The number of nitrogens with one attached hydrogen (secondary N) is 1. The number of para-hydroxylation sites is 1. The average molecular weight is 381 g/mol. The standard InChI is InChI=1S/C25H23N3O/c26-18-23(25(29)27-17-16-21-10-4-1-5-11-21)20-28(24-14-8-3-9-15-24)19-22-12-6-2-7-13-22/h1-15,20H,16-17,19H2,(H,27,29)/b23-20-. The average Bonchev–Trinajstić information content (AvgIpc) is 2.78. The van der Waals surface area contributed by atoms with Crippen molar-refractivity contribution in [2.75, 3.05) is 11.4 Å². The van der Waals surface area contributed by atoms with E-state index in [0.29, 0.717) is 13.1 Å². The Hall–Kier alpha value is -3.84. The lowest BCUT2D eigenvalue weighted by atomic mass is 10.1. The SMILES string of the molecule is N#C/C(=C/N(Cc1ccccc1)c1ccccc1)C(=O)NCCc1ccccc1. The fourth-order valence-electron chi connectivity index (χ4n) is 2.97. The van der Waals surface area contributed by atoms with Gasteiger partial charge in [0, 0.05) is 25.0 Å². The van der Waals surface area contributed by atoms with Crippen LogP contribution in [0.4, 0.5) is 5.69 Å². The van der Waals surface area contributed by atoms with Gasteiger partial charge >= 0.3 is 0 Å². The number of carbonyl (C=O) groups is 1. The summed E-state index contributed by atoms with van der Waals surface area (Å²) in [5.41, 5.74) is 3.23. The van der Waals surface area contributed by atoms with Crippen LogP contribution in [0, 0.1) is 11.3 Å². The molecule has 0 fully saturated rings. The second kappa shape index (κ2) is 10.5. The van der Waals surface area contributed by atoms with Gasteiger partial charge in [-0.25, -0.2) is 0 Å². The lowest BCUT2D eigenvalue weighted by Gasteiger charge is -2.21. The predicted octanol–water partition coefficient (Wildman–Crippen LogP) is 4.46. The Morgan fingerprint density at radius 1 is 0.862 bits per heavy atom. The minimum Gasteiger partial charge on any atom is -0.351 e. The number of carbonyl (C=O) groups excluding carboxylic acids is 1. The summed E-state index contributed by atoms with van der Waals surface area (Å²) in [7, 11) is 0. The first-order valence-corrected chi connectivity index (χ1v) is 9.56. The van der Waals surface area contributed by atoms with E-state index in [9.17, 15) is 10.1 Å². The normalized spacial score (nSPS) is 10.8. The first-order valence-electron chi connectivity index (χ1n) is 9.56. The highest BCUT2D eigenvalue weighted by Gasteiger charge is 2.12. The van der Waals surface area contributed by atoms with Crippen molar-refractivity contribution in [3.05, 3.63) is 114 Å². The van der Waals surface area contributed by atoms with Crippen molar-refractivity contribution >= 4 is 11.6 Å². The largest absolute Gasteiger partial charge is 0.351 e. The number of anilines is 1. The van der Waals surface area contributed by atoms with Crippen LogP contribution in [-0.2, 0) is 17.8 Å². The van der Waals surface area contributed by atoms with Crippen molar-refractivity contribution < 1.29 is 4.79 Å². The molecule has 0 radical (unpaired) electrons. The maximum Gasteiger partial charge on any atom is 0.263 e. The van der Waals surface area contributed by atoms with Crippen LogP contribution in [-0.4, -0.2) is 12.5 Å². The van der Waals surface area contributed by atoms with E-state index in [4.69, 9.17) is 0 Å². The number of rotatable bonds is 8. The number of amides is 1. The van der Waals surface area contributed by atoms with Crippen LogP contribution in [0.2, 0.25) is 0 Å². The molecular weight excluding hydrogens is 358 g/mol. The summed E-state index contributed by atoms with van der Waals surface area (Å²) >= 11 is 0. The summed E-state index contributed by atoms with van der Waals surface area (Å²) in [6, 6.07) is 31.7. The molecule has 0 saturated heterocycles. The third-order valence-electron chi connectivity index (χ3n) is 4.48. The number of benzene rings is 3. The van der Waals surface area contributed by atoms with Crippen molar-refractivity contribution in [3.63, 3.8) is 0 Å². The molecular formula is C25H23N3O. The van der Waals surface area contributed by atoms with Crippen LogP contribution in [0.5, 0.6) is 0 Å². The monoisotopic (exact) mass is 381 g/mol. The van der Waals surface area contributed by atoms with Gasteiger partial charge in [-0.15, -0.1) is 0 Å². The molecule has 29 heavy (non-hydrogen) atoms. The molecule has 0 unspecified atom stereocenters. The van der Waals surface area contributed by atoms with E-state index >= 15 is 0 Å². The first kappa shape index (κ1) is 19.9. The van der Waals surface area contributed by atoms with Crippen LogP contribution >= 0.6 is 0 Å². The van der Waals surface area contributed by atoms with E-state index in [1.54, 1.807) is 6.20 Å². The van der Waals surface area contributed by atoms with Crippen LogP contribution < -0.4 is 10.2 Å². The topological polar surface area (TPSA) is 56.1 Å². The summed E-state index contributed by atoms with van der Waals surface area (Å²) in [6.07, 6.45) is 2.35. The number of hydrogen-bond donors (Lipinski definition) is 1. The summed E-state index contributed by atoms with van der Waals surface area (Å²) in [5, 5.41) is 12.4. The van der Waals surface area contributed by atoms with Crippen LogP contribution in [0.15, 0.2) is 103 Å². The summed E-state index contributed by atoms with van der Waals surface area (Å²) in [5.74, 6) is -0.363. The summed E-state index contributed by atoms with van der Waals surface area (Å²) < 4.78 is 0. The molecule has 0 bridgehead atoms. The maximum absolute atomic E-state index is 12.6. The van der Waals surface area contributed by atoms with Crippen molar-refractivity contribution in [3.8, 4) is 6.07 Å². The zero-order chi connectivity index (χ0) is 20.3. The van der Waals surface area contributed by atoms with Gasteiger partial charge in [0.15, 0.2) is 0 Å². The Kier molecular flexibility index (Phi) is 7.20. The molecule has 4 heteroatoms. The Bertz CT molecular complexity index is 977. The highest BCUT2D eigenvalue weighted by Crippen LogP contribution is 2.18. The highest BCUT2D eigenvalue weighted by atomic mass is 16.1. The molecule has 3 rings (SSSR count). The second-order valence-electron chi connectivity index (χ2n) is 6.60. The van der Waals surface area contributed by atoms with Gasteiger partial charge in [0.25, 0.3) is 5.91 Å². The molecule has 3 aromatic rings. The van der Waals surface area contributed by atoms with Gasteiger partial charge < -0.3 is 10.2 Å². The molecule has 0 heterocycles. The molecule has 144 valence electrons. The minimum atomic E-state index is -0.363. The molecule has 0 spiro atoms. The lowest BCUT2D eigenvalue weighted by molar-refractivity contribution is -0.117. The van der Waals surface area contributed by atoms with E-state index in [-0.39, 0.29) is 11.5 Å². The van der Waals surface area contributed by atoms with Gasteiger partial charge in [0.05, 0.1) is 0 Å². The zero-order valence-corrected chi connectivity index (χ0v) is 16.2. The first-order chi connectivity index (χ1) is 14.3. The molecule has 0 aliphatic heterocycles. The maximum atomic E-state index is 12.6. The number of nitriles is 1. The predicted molar refractivity (Wildman–Crippen MR) is 116 cm³/mol. The Labute approximate surface area is 171 Å². The molecule has 0 aliphatic rings. The lowest BCUT2D eigenvalue weighted by Crippen LogP contribution is -2.28. The minimum absolute atomic E-state index is 0.0813. The third kappa shape index (κ3) is 6.08. The van der Waals surface area contributed by atoms with Gasteiger partial charge in [-0.05, 0) is 29.7 Å². The van der Waals surface area contributed by atoms with Gasteiger partial charge in [0.1, 0.15) is 11.6 Å². The Morgan fingerprint density at radius 2 is 1.41 bits per heavy atom. The van der Waals surface area contributed by atoms with Gasteiger partial charge in [-0.2, -0.15) is 5.26 Å². The van der Waals surface area contributed by atoms with E-state index in [1.165, 1.54) is 0 Å². The molecule has 0 aliphatic carbocycles. The molecule has 0 saturated carbocycles. The molecule has 3 aromatic carbocycles. The van der Waals surface area contributed by atoms with Crippen molar-refractivity contribution in [1.82, 2.24) is 5.32 Å².